The second-order valence-corrected chi connectivity index (χ2v) is 3.64. The smallest absolute Gasteiger partial charge is 0.114 e. The first kappa shape index (κ1) is 9.84. The molecule has 4 heteroatoms. The fourth-order valence-corrected chi connectivity index (χ4v) is 1.64. The summed E-state index contributed by atoms with van der Waals surface area (Å²) >= 11 is 7.37. The van der Waals surface area contributed by atoms with Crippen molar-refractivity contribution in [1.82, 2.24) is 4.98 Å². The number of rotatable bonds is 2. The van der Waals surface area contributed by atoms with Gasteiger partial charge in [-0.2, -0.15) is 0 Å². The molecule has 1 aromatic heterocycles. The molecular formula is C8H10ClNOS. The third kappa shape index (κ3) is 2.12. The number of aromatic nitrogens is 1. The molecule has 1 rings (SSSR count). The highest BCUT2D eigenvalue weighted by atomic mass is 35.5. The lowest BCUT2D eigenvalue weighted by Gasteiger charge is -2.05. The Morgan fingerprint density at radius 2 is 2.33 bits per heavy atom. The molecule has 0 amide bonds. The predicted octanol–water partition coefficient (Wildman–Crippen LogP) is 2.51. The van der Waals surface area contributed by atoms with Crippen molar-refractivity contribution in [2.24, 2.45) is 0 Å². The van der Waals surface area contributed by atoms with Crippen molar-refractivity contribution in [3.8, 4) is 0 Å². The van der Waals surface area contributed by atoms with Gasteiger partial charge in [-0.05, 0) is 19.2 Å². The quantitative estimate of drug-likeness (QED) is 0.750. The van der Waals surface area contributed by atoms with E-state index in [1.54, 1.807) is 19.2 Å². The SMILES string of the molecule is CSc1ncc(C(C)O)cc1Cl. The molecule has 1 atom stereocenters. The molecule has 0 aliphatic carbocycles. The maximum atomic E-state index is 9.21. The van der Waals surface area contributed by atoms with Crippen molar-refractivity contribution in [3.05, 3.63) is 22.8 Å². The van der Waals surface area contributed by atoms with Crippen LogP contribution in [0.4, 0.5) is 0 Å². The predicted molar refractivity (Wildman–Crippen MR) is 51.7 cm³/mol. The van der Waals surface area contributed by atoms with E-state index in [9.17, 15) is 5.11 Å². The molecule has 0 saturated carbocycles. The van der Waals surface area contributed by atoms with Gasteiger partial charge >= 0.3 is 0 Å². The molecule has 0 aromatic carbocycles. The number of aliphatic hydroxyl groups is 1. The van der Waals surface area contributed by atoms with Crippen LogP contribution < -0.4 is 0 Å². The van der Waals surface area contributed by atoms with Crippen LogP contribution in [-0.2, 0) is 0 Å². The Labute approximate surface area is 81.0 Å². The van der Waals surface area contributed by atoms with Gasteiger partial charge in [0.15, 0.2) is 0 Å². The maximum absolute atomic E-state index is 9.21. The Balaban J connectivity index is 3.02. The topological polar surface area (TPSA) is 33.1 Å². The summed E-state index contributed by atoms with van der Waals surface area (Å²) in [5.41, 5.74) is 0.748. The van der Waals surface area contributed by atoms with Gasteiger partial charge in [-0.15, -0.1) is 11.8 Å². The minimum atomic E-state index is -0.508. The zero-order valence-corrected chi connectivity index (χ0v) is 8.49. The van der Waals surface area contributed by atoms with Gasteiger partial charge in [0.2, 0.25) is 0 Å². The van der Waals surface area contributed by atoms with E-state index in [1.807, 2.05) is 6.26 Å². The van der Waals surface area contributed by atoms with Crippen LogP contribution in [0, 0.1) is 0 Å². The number of hydrogen-bond acceptors (Lipinski definition) is 3. The lowest BCUT2D eigenvalue weighted by atomic mass is 10.2. The first-order chi connectivity index (χ1) is 5.65. The molecule has 0 radical (unpaired) electrons. The first-order valence-electron chi connectivity index (χ1n) is 3.52. The minimum absolute atomic E-state index is 0.508. The normalized spacial score (nSPS) is 13.0. The van der Waals surface area contributed by atoms with Gasteiger partial charge < -0.3 is 5.11 Å². The van der Waals surface area contributed by atoms with Crippen LogP contribution >= 0.6 is 23.4 Å². The zero-order valence-electron chi connectivity index (χ0n) is 6.91. The second kappa shape index (κ2) is 4.12. The second-order valence-electron chi connectivity index (χ2n) is 2.44. The molecule has 0 aliphatic rings. The van der Waals surface area contributed by atoms with Crippen LogP contribution in [0.25, 0.3) is 0 Å². The van der Waals surface area contributed by atoms with E-state index in [2.05, 4.69) is 4.98 Å². The van der Waals surface area contributed by atoms with Crippen LogP contribution in [-0.4, -0.2) is 16.3 Å². The van der Waals surface area contributed by atoms with Crippen molar-refractivity contribution in [2.45, 2.75) is 18.1 Å². The Kier molecular flexibility index (Phi) is 3.38. The lowest BCUT2D eigenvalue weighted by molar-refractivity contribution is 0.199. The van der Waals surface area contributed by atoms with E-state index in [1.165, 1.54) is 11.8 Å². The van der Waals surface area contributed by atoms with Crippen LogP contribution in [0.1, 0.15) is 18.6 Å². The summed E-state index contributed by atoms with van der Waals surface area (Å²) in [6.45, 7) is 1.69. The summed E-state index contributed by atoms with van der Waals surface area (Å²) in [6, 6.07) is 1.74. The molecule has 12 heavy (non-hydrogen) atoms. The number of thioether (sulfide) groups is 1. The fraction of sp³-hybridized carbons (Fsp3) is 0.375. The van der Waals surface area contributed by atoms with Crippen molar-refractivity contribution < 1.29 is 5.11 Å². The third-order valence-corrected chi connectivity index (χ3v) is 2.62. The Morgan fingerprint density at radius 1 is 1.67 bits per heavy atom. The summed E-state index contributed by atoms with van der Waals surface area (Å²) in [5, 5.41) is 10.6. The molecule has 1 unspecified atom stereocenters. The van der Waals surface area contributed by atoms with Gasteiger partial charge in [0.05, 0.1) is 11.1 Å². The van der Waals surface area contributed by atoms with Crippen LogP contribution in [0.2, 0.25) is 5.02 Å². The minimum Gasteiger partial charge on any atom is -0.389 e. The number of nitrogens with zero attached hydrogens (tertiary/aromatic N) is 1. The van der Waals surface area contributed by atoms with Gasteiger partial charge in [0, 0.05) is 11.8 Å². The standard InChI is InChI=1S/C8H10ClNOS/c1-5(11)6-3-7(9)8(12-2)10-4-6/h3-5,11H,1-2H3. The van der Waals surface area contributed by atoms with Crippen LogP contribution in [0.15, 0.2) is 17.3 Å². The van der Waals surface area contributed by atoms with Crippen molar-refractivity contribution in [2.75, 3.05) is 6.26 Å². The summed E-state index contributed by atoms with van der Waals surface area (Å²) in [7, 11) is 0. The monoisotopic (exact) mass is 203 g/mol. The summed E-state index contributed by atoms with van der Waals surface area (Å²) in [6.07, 6.45) is 3.05. The lowest BCUT2D eigenvalue weighted by Crippen LogP contribution is -1.93. The number of aliphatic hydroxyl groups excluding tert-OH is 1. The number of hydrogen-bond donors (Lipinski definition) is 1. The number of pyridine rings is 1. The highest BCUT2D eigenvalue weighted by molar-refractivity contribution is 7.98. The molecule has 0 aliphatic heterocycles. The Morgan fingerprint density at radius 3 is 2.75 bits per heavy atom. The molecule has 1 N–H and O–H groups in total. The van der Waals surface area contributed by atoms with Gasteiger partial charge in [0.1, 0.15) is 5.03 Å². The highest BCUT2D eigenvalue weighted by Gasteiger charge is 2.05. The molecule has 0 bridgehead atoms. The van der Waals surface area contributed by atoms with Crippen molar-refractivity contribution in [3.63, 3.8) is 0 Å². The average Bonchev–Trinajstić information content (AvgIpc) is 2.04. The molecule has 0 spiro atoms. The van der Waals surface area contributed by atoms with Gasteiger partial charge in [-0.1, -0.05) is 11.6 Å². The fourth-order valence-electron chi connectivity index (χ4n) is 0.819. The van der Waals surface area contributed by atoms with Crippen LogP contribution in [0.3, 0.4) is 0 Å². The first-order valence-corrected chi connectivity index (χ1v) is 5.13. The maximum Gasteiger partial charge on any atom is 0.114 e. The zero-order chi connectivity index (χ0) is 9.14. The van der Waals surface area contributed by atoms with Crippen LogP contribution in [0.5, 0.6) is 0 Å². The molecular weight excluding hydrogens is 194 g/mol. The molecule has 1 heterocycles. The van der Waals surface area contributed by atoms with E-state index in [0.29, 0.717) is 5.02 Å². The summed E-state index contributed by atoms with van der Waals surface area (Å²) in [5.74, 6) is 0. The van der Waals surface area contributed by atoms with Crippen molar-refractivity contribution in [1.29, 1.82) is 0 Å². The Bertz CT molecular complexity index is 278. The molecule has 0 saturated heterocycles. The highest BCUT2D eigenvalue weighted by Crippen LogP contribution is 2.25. The van der Waals surface area contributed by atoms with E-state index < -0.39 is 6.10 Å². The van der Waals surface area contributed by atoms with Gasteiger partial charge in [-0.3, -0.25) is 0 Å². The van der Waals surface area contributed by atoms with E-state index in [-0.39, 0.29) is 0 Å². The molecule has 0 fully saturated rings. The van der Waals surface area contributed by atoms with E-state index in [0.717, 1.165) is 10.6 Å². The molecule has 1 aromatic rings. The molecule has 2 nitrogen and oxygen atoms in total. The largest absolute Gasteiger partial charge is 0.389 e. The molecule has 66 valence electrons. The number of halogens is 1. The van der Waals surface area contributed by atoms with E-state index >= 15 is 0 Å². The summed E-state index contributed by atoms with van der Waals surface area (Å²) < 4.78 is 0. The average molecular weight is 204 g/mol. The van der Waals surface area contributed by atoms with E-state index in [4.69, 9.17) is 11.6 Å². The third-order valence-electron chi connectivity index (χ3n) is 1.50. The van der Waals surface area contributed by atoms with Gasteiger partial charge in [0.25, 0.3) is 0 Å². The van der Waals surface area contributed by atoms with Gasteiger partial charge in [-0.25, -0.2) is 4.98 Å². The Hall–Kier alpha value is -0.250. The van der Waals surface area contributed by atoms with Crippen molar-refractivity contribution >= 4 is 23.4 Å². The summed E-state index contributed by atoms with van der Waals surface area (Å²) in [4.78, 5) is 4.09.